The third kappa shape index (κ3) is 5.11. The lowest BCUT2D eigenvalue weighted by Crippen LogP contribution is -2.33. The lowest BCUT2D eigenvalue weighted by molar-refractivity contribution is -0.124. The molecule has 9 nitrogen and oxygen atoms in total. The van der Waals surface area contributed by atoms with Gasteiger partial charge in [0.15, 0.2) is 0 Å². The maximum atomic E-state index is 12.5. The predicted molar refractivity (Wildman–Crippen MR) is 118 cm³/mol. The van der Waals surface area contributed by atoms with E-state index in [0.29, 0.717) is 23.5 Å². The fraction of sp³-hybridized carbons (Fsp3) is 0.364. The molecule has 0 saturated heterocycles. The molecular formula is C22H27N5O4. The first-order chi connectivity index (χ1) is 14.8. The SMILES string of the molecule is CCOc1ccc(NC(=O)CNC(=O)CCc2c(C)c3c(C)nn(C)c3[nH]c2=O)cc1. The summed E-state index contributed by atoms with van der Waals surface area (Å²) in [5.74, 6) is 0.0846. The molecule has 164 valence electrons. The van der Waals surface area contributed by atoms with Gasteiger partial charge >= 0.3 is 0 Å². The first kappa shape index (κ1) is 22.1. The molecule has 3 aromatic rings. The average molecular weight is 425 g/mol. The zero-order chi connectivity index (χ0) is 22.5. The number of benzene rings is 1. The maximum absolute atomic E-state index is 12.5. The van der Waals surface area contributed by atoms with Crippen LogP contribution in [0.4, 0.5) is 5.69 Å². The van der Waals surface area contributed by atoms with E-state index in [-0.39, 0.29) is 36.8 Å². The van der Waals surface area contributed by atoms with Crippen molar-refractivity contribution in [2.24, 2.45) is 7.05 Å². The number of aromatic nitrogens is 3. The Morgan fingerprint density at radius 3 is 2.55 bits per heavy atom. The van der Waals surface area contributed by atoms with E-state index < -0.39 is 0 Å². The van der Waals surface area contributed by atoms with E-state index >= 15 is 0 Å². The number of H-pyrrole nitrogens is 1. The molecule has 0 saturated carbocycles. The predicted octanol–water partition coefficient (Wildman–Crippen LogP) is 1.96. The number of carbonyl (C=O) groups is 2. The van der Waals surface area contributed by atoms with Crippen LogP contribution in [0.15, 0.2) is 29.1 Å². The highest BCUT2D eigenvalue weighted by Gasteiger charge is 2.16. The van der Waals surface area contributed by atoms with Crippen LogP contribution in [0, 0.1) is 13.8 Å². The lowest BCUT2D eigenvalue weighted by atomic mass is 10.0. The van der Waals surface area contributed by atoms with Gasteiger partial charge in [-0.2, -0.15) is 5.10 Å². The largest absolute Gasteiger partial charge is 0.494 e. The Kier molecular flexibility index (Phi) is 6.74. The molecule has 0 aliphatic rings. The molecule has 3 N–H and O–H groups in total. The first-order valence-corrected chi connectivity index (χ1v) is 10.1. The second-order valence-corrected chi connectivity index (χ2v) is 7.27. The number of fused-ring (bicyclic) bond motifs is 1. The Bertz CT molecular complexity index is 1160. The number of amides is 2. The number of aryl methyl sites for hydroxylation is 3. The van der Waals surface area contributed by atoms with Gasteiger partial charge in [0.1, 0.15) is 11.4 Å². The van der Waals surface area contributed by atoms with Crippen molar-refractivity contribution < 1.29 is 14.3 Å². The Hall–Kier alpha value is -3.62. The monoisotopic (exact) mass is 425 g/mol. The summed E-state index contributed by atoms with van der Waals surface area (Å²) in [5.41, 5.74) is 3.25. The fourth-order valence-corrected chi connectivity index (χ4v) is 3.57. The molecule has 9 heteroatoms. The Morgan fingerprint density at radius 1 is 1.16 bits per heavy atom. The van der Waals surface area contributed by atoms with Crippen LogP contribution in [0.25, 0.3) is 11.0 Å². The number of nitrogens with one attached hydrogen (secondary N) is 3. The maximum Gasteiger partial charge on any atom is 0.253 e. The number of aromatic amines is 1. The number of hydrogen-bond donors (Lipinski definition) is 3. The molecule has 0 radical (unpaired) electrons. The standard InChI is InChI=1S/C22H27N5O4/c1-5-31-16-8-6-15(7-9-16)24-19(29)12-23-18(28)11-10-17-13(2)20-14(3)26-27(4)21(20)25-22(17)30/h6-9H,5,10-12H2,1-4H3,(H,23,28)(H,24,29)(H,25,30). The Balaban J connectivity index is 1.54. The minimum atomic E-state index is -0.334. The zero-order valence-corrected chi connectivity index (χ0v) is 18.2. The van der Waals surface area contributed by atoms with Crippen LogP contribution in [0.1, 0.15) is 30.2 Å². The van der Waals surface area contributed by atoms with Gasteiger partial charge in [-0.05, 0) is 57.0 Å². The molecule has 1 aromatic carbocycles. The molecule has 2 heterocycles. The summed E-state index contributed by atoms with van der Waals surface area (Å²) < 4.78 is 6.99. The second-order valence-electron chi connectivity index (χ2n) is 7.27. The van der Waals surface area contributed by atoms with Crippen molar-refractivity contribution in [2.75, 3.05) is 18.5 Å². The molecule has 2 amide bonds. The van der Waals surface area contributed by atoms with E-state index in [2.05, 4.69) is 20.7 Å². The molecule has 0 atom stereocenters. The van der Waals surface area contributed by atoms with Crippen LogP contribution >= 0.6 is 0 Å². The van der Waals surface area contributed by atoms with Gasteiger partial charge in [0.2, 0.25) is 11.8 Å². The van der Waals surface area contributed by atoms with Gasteiger partial charge in [-0.15, -0.1) is 0 Å². The second kappa shape index (κ2) is 9.46. The smallest absolute Gasteiger partial charge is 0.253 e. The number of carbonyl (C=O) groups excluding carboxylic acids is 2. The van der Waals surface area contributed by atoms with E-state index in [1.54, 1.807) is 36.0 Å². The van der Waals surface area contributed by atoms with Gasteiger partial charge in [0.25, 0.3) is 5.56 Å². The van der Waals surface area contributed by atoms with E-state index in [1.165, 1.54) is 0 Å². The molecule has 0 fully saturated rings. The summed E-state index contributed by atoms with van der Waals surface area (Å²) in [7, 11) is 1.77. The normalized spacial score (nSPS) is 10.8. The Labute approximate surface area is 179 Å². The molecule has 0 spiro atoms. The van der Waals surface area contributed by atoms with Crippen molar-refractivity contribution in [1.29, 1.82) is 0 Å². The third-order valence-electron chi connectivity index (χ3n) is 5.05. The highest BCUT2D eigenvalue weighted by atomic mass is 16.5. The molecule has 0 unspecified atom stereocenters. The van der Waals surface area contributed by atoms with Crippen LogP contribution in [-0.4, -0.2) is 39.7 Å². The molecular weight excluding hydrogens is 398 g/mol. The molecule has 0 aliphatic carbocycles. The number of ether oxygens (including phenoxy) is 1. The summed E-state index contributed by atoms with van der Waals surface area (Å²) in [4.78, 5) is 39.6. The highest BCUT2D eigenvalue weighted by Crippen LogP contribution is 2.21. The lowest BCUT2D eigenvalue weighted by Gasteiger charge is -2.09. The number of hydrogen-bond acceptors (Lipinski definition) is 5. The summed E-state index contributed by atoms with van der Waals surface area (Å²) in [6, 6.07) is 6.99. The summed E-state index contributed by atoms with van der Waals surface area (Å²) in [6.07, 6.45) is 0.378. The zero-order valence-electron chi connectivity index (χ0n) is 18.2. The van der Waals surface area contributed by atoms with Crippen LogP contribution < -0.4 is 20.9 Å². The number of rotatable bonds is 8. The molecule has 31 heavy (non-hydrogen) atoms. The van der Waals surface area contributed by atoms with Gasteiger partial charge in [-0.3, -0.25) is 19.1 Å². The van der Waals surface area contributed by atoms with E-state index in [4.69, 9.17) is 4.74 Å². The van der Waals surface area contributed by atoms with Crippen LogP contribution in [0.2, 0.25) is 0 Å². The van der Waals surface area contributed by atoms with Gasteiger partial charge in [0.05, 0.1) is 18.8 Å². The van der Waals surface area contributed by atoms with Crippen molar-refractivity contribution in [1.82, 2.24) is 20.1 Å². The van der Waals surface area contributed by atoms with Crippen molar-refractivity contribution in [3.63, 3.8) is 0 Å². The third-order valence-corrected chi connectivity index (χ3v) is 5.05. The highest BCUT2D eigenvalue weighted by molar-refractivity contribution is 5.94. The number of anilines is 1. The Morgan fingerprint density at radius 2 is 1.87 bits per heavy atom. The minimum Gasteiger partial charge on any atom is -0.494 e. The first-order valence-electron chi connectivity index (χ1n) is 10.1. The van der Waals surface area contributed by atoms with Crippen molar-refractivity contribution in [3.8, 4) is 5.75 Å². The molecule has 0 bridgehead atoms. The molecule has 3 rings (SSSR count). The van der Waals surface area contributed by atoms with E-state index in [0.717, 1.165) is 22.4 Å². The van der Waals surface area contributed by atoms with Crippen LogP contribution in [-0.2, 0) is 23.1 Å². The fourth-order valence-electron chi connectivity index (χ4n) is 3.57. The topological polar surface area (TPSA) is 118 Å². The van der Waals surface area contributed by atoms with Crippen LogP contribution in [0.3, 0.4) is 0 Å². The van der Waals surface area contributed by atoms with Crippen LogP contribution in [0.5, 0.6) is 5.75 Å². The van der Waals surface area contributed by atoms with Gasteiger partial charge < -0.3 is 20.4 Å². The summed E-state index contributed by atoms with van der Waals surface area (Å²) in [5, 5.41) is 10.5. The average Bonchev–Trinajstić information content (AvgIpc) is 3.01. The number of nitrogens with zero attached hydrogens (tertiary/aromatic N) is 2. The van der Waals surface area contributed by atoms with E-state index in [1.807, 2.05) is 20.8 Å². The van der Waals surface area contributed by atoms with Gasteiger partial charge in [-0.25, -0.2) is 0 Å². The summed E-state index contributed by atoms with van der Waals surface area (Å²) in [6.45, 7) is 6.06. The van der Waals surface area contributed by atoms with Gasteiger partial charge in [-0.1, -0.05) is 0 Å². The van der Waals surface area contributed by atoms with Gasteiger partial charge in [0, 0.05) is 30.1 Å². The number of pyridine rings is 1. The quantitative estimate of drug-likeness (QED) is 0.510. The minimum absolute atomic E-state index is 0.102. The van der Waals surface area contributed by atoms with Crippen molar-refractivity contribution >= 4 is 28.5 Å². The molecule has 0 aliphatic heterocycles. The van der Waals surface area contributed by atoms with Crippen molar-refractivity contribution in [3.05, 3.63) is 51.4 Å². The molecule has 2 aromatic heterocycles. The van der Waals surface area contributed by atoms with Crippen molar-refractivity contribution in [2.45, 2.75) is 33.6 Å². The van der Waals surface area contributed by atoms with E-state index in [9.17, 15) is 14.4 Å². The summed E-state index contributed by atoms with van der Waals surface area (Å²) >= 11 is 0.